The Hall–Kier alpha value is -3.42. The van der Waals surface area contributed by atoms with Gasteiger partial charge in [0.05, 0.1) is 10.0 Å². The molecule has 1 N–H and O–H groups in total. The maximum atomic E-state index is 14.4. The minimum atomic E-state index is -0.658. The number of rotatable bonds is 6. The van der Waals surface area contributed by atoms with Gasteiger partial charge in [-0.2, -0.15) is 0 Å². The van der Waals surface area contributed by atoms with E-state index in [0.717, 1.165) is 11.6 Å². The van der Waals surface area contributed by atoms with Crippen molar-refractivity contribution in [3.63, 3.8) is 0 Å². The van der Waals surface area contributed by atoms with Gasteiger partial charge in [-0.15, -0.1) is 10.2 Å². The molecule has 1 aromatic heterocycles. The van der Waals surface area contributed by atoms with Crippen LogP contribution in [0.3, 0.4) is 0 Å². The zero-order valence-electron chi connectivity index (χ0n) is 15.8. The van der Waals surface area contributed by atoms with E-state index in [0.29, 0.717) is 16.5 Å². The Bertz CT molecular complexity index is 1230. The summed E-state index contributed by atoms with van der Waals surface area (Å²) < 4.78 is 25.4. The van der Waals surface area contributed by atoms with Gasteiger partial charge in [0, 0.05) is 22.9 Å². The van der Waals surface area contributed by atoms with E-state index < -0.39 is 11.7 Å². The summed E-state index contributed by atoms with van der Waals surface area (Å²) in [6, 6.07) is 17.8. The molecule has 0 unspecified atom stereocenters. The number of nitrogens with zero attached hydrogens (tertiary/aromatic N) is 2. The van der Waals surface area contributed by atoms with E-state index in [4.69, 9.17) is 32.4 Å². The predicted molar refractivity (Wildman–Crippen MR) is 115 cm³/mol. The number of amides is 1. The van der Waals surface area contributed by atoms with E-state index >= 15 is 0 Å². The molecule has 0 atom stereocenters. The molecule has 1 heterocycles. The minimum Gasteiger partial charge on any atom is -0.481 e. The number of benzene rings is 3. The van der Waals surface area contributed by atoms with E-state index in [1.165, 1.54) is 30.3 Å². The number of hydrogen-bond acceptors (Lipinski definition) is 5. The molecule has 0 aliphatic carbocycles. The lowest BCUT2D eigenvalue weighted by molar-refractivity contribution is 0.102. The third kappa shape index (κ3) is 5.02. The van der Waals surface area contributed by atoms with Crippen molar-refractivity contribution in [3.05, 3.63) is 94.0 Å². The van der Waals surface area contributed by atoms with Gasteiger partial charge in [0.25, 0.3) is 11.8 Å². The van der Waals surface area contributed by atoms with Crippen molar-refractivity contribution in [2.24, 2.45) is 0 Å². The van der Waals surface area contributed by atoms with Crippen LogP contribution in [0.1, 0.15) is 16.2 Å². The van der Waals surface area contributed by atoms with Gasteiger partial charge in [-0.05, 0) is 42.5 Å². The standard InChI is InChI=1S/C22H14Cl2FN3O3/c23-16-8-6-14(10-17(16)24)21(29)26-15-7-9-19(18(25)11-15)30-12-20-27-28-22(31-20)13-4-2-1-3-5-13/h1-11H,12H2,(H,26,29). The van der Waals surface area contributed by atoms with Crippen LogP contribution >= 0.6 is 23.2 Å². The van der Waals surface area contributed by atoms with Crippen LogP contribution in [0.2, 0.25) is 10.0 Å². The fourth-order valence-corrected chi connectivity index (χ4v) is 2.98. The maximum absolute atomic E-state index is 14.4. The van der Waals surface area contributed by atoms with Crippen molar-refractivity contribution in [1.29, 1.82) is 0 Å². The number of hydrogen-bond donors (Lipinski definition) is 1. The molecular weight excluding hydrogens is 444 g/mol. The van der Waals surface area contributed by atoms with Crippen LogP contribution in [0.5, 0.6) is 5.75 Å². The van der Waals surface area contributed by atoms with Crippen LogP contribution in [-0.4, -0.2) is 16.1 Å². The second-order valence-corrected chi connectivity index (χ2v) is 7.20. The van der Waals surface area contributed by atoms with Crippen LogP contribution in [-0.2, 0) is 6.61 Å². The first kappa shape index (κ1) is 20.8. The van der Waals surface area contributed by atoms with Gasteiger partial charge in [0.15, 0.2) is 18.2 Å². The van der Waals surface area contributed by atoms with Crippen LogP contribution in [0, 0.1) is 5.82 Å². The molecule has 1 amide bonds. The Labute approximate surface area is 186 Å². The molecular formula is C22H14Cl2FN3O3. The lowest BCUT2D eigenvalue weighted by Gasteiger charge is -2.09. The third-order valence-corrected chi connectivity index (χ3v) is 4.95. The molecule has 4 aromatic rings. The third-order valence-electron chi connectivity index (χ3n) is 4.21. The molecule has 3 aromatic carbocycles. The molecule has 0 aliphatic rings. The number of carbonyl (C=O) groups excluding carboxylic acids is 1. The highest BCUT2D eigenvalue weighted by atomic mass is 35.5. The predicted octanol–water partition coefficient (Wildman–Crippen LogP) is 6.01. The van der Waals surface area contributed by atoms with E-state index in [1.54, 1.807) is 0 Å². The maximum Gasteiger partial charge on any atom is 0.255 e. The molecule has 0 fully saturated rings. The van der Waals surface area contributed by atoms with Gasteiger partial charge in [0.1, 0.15) is 0 Å². The second-order valence-electron chi connectivity index (χ2n) is 6.38. The molecule has 0 radical (unpaired) electrons. The molecule has 6 nitrogen and oxygen atoms in total. The lowest BCUT2D eigenvalue weighted by Crippen LogP contribution is -2.12. The topological polar surface area (TPSA) is 77.2 Å². The van der Waals surface area contributed by atoms with Crippen molar-refractivity contribution in [2.75, 3.05) is 5.32 Å². The first-order chi connectivity index (χ1) is 15.0. The normalized spacial score (nSPS) is 10.7. The van der Waals surface area contributed by atoms with E-state index in [1.807, 2.05) is 30.3 Å². The zero-order valence-corrected chi connectivity index (χ0v) is 17.3. The first-order valence-electron chi connectivity index (χ1n) is 9.06. The molecule has 4 rings (SSSR count). The molecule has 0 bridgehead atoms. The van der Waals surface area contributed by atoms with Gasteiger partial charge in [-0.25, -0.2) is 4.39 Å². The largest absolute Gasteiger partial charge is 0.481 e. The number of halogens is 3. The zero-order chi connectivity index (χ0) is 21.8. The highest BCUT2D eigenvalue weighted by Crippen LogP contribution is 2.25. The quantitative estimate of drug-likeness (QED) is 0.383. The Kier molecular flexibility index (Phi) is 6.16. The number of carbonyl (C=O) groups is 1. The summed E-state index contributed by atoms with van der Waals surface area (Å²) in [4.78, 5) is 12.3. The van der Waals surface area contributed by atoms with Crippen LogP contribution in [0.25, 0.3) is 11.5 Å². The molecule has 0 spiro atoms. The number of ether oxygens (including phenoxy) is 1. The second kappa shape index (κ2) is 9.16. The van der Waals surface area contributed by atoms with Crippen molar-refractivity contribution < 1.29 is 18.3 Å². The van der Waals surface area contributed by atoms with Crippen molar-refractivity contribution >= 4 is 34.8 Å². The highest BCUT2D eigenvalue weighted by molar-refractivity contribution is 6.42. The number of anilines is 1. The summed E-state index contributed by atoms with van der Waals surface area (Å²) in [5, 5.41) is 11.0. The average molecular weight is 458 g/mol. The number of aromatic nitrogens is 2. The molecule has 9 heteroatoms. The van der Waals surface area contributed by atoms with Gasteiger partial charge < -0.3 is 14.5 Å². The molecule has 31 heavy (non-hydrogen) atoms. The monoisotopic (exact) mass is 457 g/mol. The summed E-state index contributed by atoms with van der Waals surface area (Å²) in [7, 11) is 0. The van der Waals surface area contributed by atoms with Gasteiger partial charge in [-0.1, -0.05) is 41.4 Å². The summed E-state index contributed by atoms with van der Waals surface area (Å²) >= 11 is 11.8. The fraction of sp³-hybridized carbons (Fsp3) is 0.0455. The highest BCUT2D eigenvalue weighted by Gasteiger charge is 2.13. The molecule has 156 valence electrons. The van der Waals surface area contributed by atoms with Crippen molar-refractivity contribution in [3.8, 4) is 17.2 Å². The van der Waals surface area contributed by atoms with Crippen molar-refractivity contribution in [2.45, 2.75) is 6.61 Å². The van der Waals surface area contributed by atoms with Crippen LogP contribution in [0.4, 0.5) is 10.1 Å². The summed E-state index contributed by atoms with van der Waals surface area (Å²) in [5.41, 5.74) is 1.32. The van der Waals surface area contributed by atoms with E-state index in [2.05, 4.69) is 15.5 Å². The SMILES string of the molecule is O=C(Nc1ccc(OCc2nnc(-c3ccccc3)o2)c(F)c1)c1ccc(Cl)c(Cl)c1. The average Bonchev–Trinajstić information content (AvgIpc) is 3.25. The van der Waals surface area contributed by atoms with E-state index in [9.17, 15) is 9.18 Å². The fourth-order valence-electron chi connectivity index (χ4n) is 2.69. The first-order valence-corrected chi connectivity index (χ1v) is 9.82. The summed E-state index contributed by atoms with van der Waals surface area (Å²) in [6.07, 6.45) is 0. The van der Waals surface area contributed by atoms with Gasteiger partial charge >= 0.3 is 0 Å². The summed E-state index contributed by atoms with van der Waals surface area (Å²) in [6.45, 7) is -0.105. The van der Waals surface area contributed by atoms with Crippen LogP contribution < -0.4 is 10.1 Å². The van der Waals surface area contributed by atoms with Gasteiger partial charge in [0.2, 0.25) is 5.89 Å². The van der Waals surface area contributed by atoms with Crippen LogP contribution in [0.15, 0.2) is 71.1 Å². The number of nitrogens with one attached hydrogen (secondary N) is 1. The molecule has 0 saturated carbocycles. The molecule has 0 aliphatic heterocycles. The van der Waals surface area contributed by atoms with Crippen molar-refractivity contribution in [1.82, 2.24) is 10.2 Å². The molecule has 0 saturated heterocycles. The van der Waals surface area contributed by atoms with E-state index in [-0.39, 0.29) is 29.0 Å². The smallest absolute Gasteiger partial charge is 0.255 e. The Morgan fingerprint density at radius 1 is 1.00 bits per heavy atom. The minimum absolute atomic E-state index is 0.0213. The Morgan fingerprint density at radius 3 is 2.55 bits per heavy atom. The Balaban J connectivity index is 1.39. The summed E-state index contributed by atoms with van der Waals surface area (Å²) in [5.74, 6) is -0.581. The van der Waals surface area contributed by atoms with Gasteiger partial charge in [-0.3, -0.25) is 4.79 Å². The Morgan fingerprint density at radius 2 is 1.81 bits per heavy atom. The lowest BCUT2D eigenvalue weighted by atomic mass is 10.2.